The zero-order chi connectivity index (χ0) is 18.0. The Hall–Kier alpha value is -1.76. The smallest absolute Gasteiger partial charge is 0.193 e. The molecule has 1 N–H and O–H groups in total. The van der Waals surface area contributed by atoms with E-state index < -0.39 is 14.6 Å². The van der Waals surface area contributed by atoms with Gasteiger partial charge in [-0.05, 0) is 38.0 Å². The molecule has 2 rings (SSSR count). The molecule has 0 atom stereocenters. The lowest BCUT2D eigenvalue weighted by Crippen LogP contribution is -2.57. The lowest BCUT2D eigenvalue weighted by atomic mass is 10.1. The van der Waals surface area contributed by atoms with E-state index in [0.29, 0.717) is 19.6 Å². The third-order valence-corrected chi connectivity index (χ3v) is 7.00. The highest BCUT2D eigenvalue weighted by molar-refractivity contribution is 7.92. The minimum Gasteiger partial charge on any atom is -0.496 e. The number of nitrogens with zero attached hydrogens (tertiary/aromatic N) is 2. The summed E-state index contributed by atoms with van der Waals surface area (Å²) < 4.78 is 28.8. The fourth-order valence-corrected chi connectivity index (χ4v) is 4.25. The lowest BCUT2D eigenvalue weighted by Gasteiger charge is -2.39. The minimum atomic E-state index is -3.05. The van der Waals surface area contributed by atoms with Gasteiger partial charge in [0.2, 0.25) is 0 Å². The van der Waals surface area contributed by atoms with Gasteiger partial charge in [0.15, 0.2) is 15.8 Å². The average molecular weight is 353 g/mol. The molecule has 0 aromatic heterocycles. The fourth-order valence-electron chi connectivity index (χ4n) is 2.89. The number of rotatable bonds is 3. The molecule has 1 aromatic carbocycles. The molecule has 1 aromatic rings. The topological polar surface area (TPSA) is 71.0 Å². The fraction of sp³-hybridized carbons (Fsp3) is 0.588. The Balaban J connectivity index is 2.05. The largest absolute Gasteiger partial charge is 0.496 e. The molecule has 1 heterocycles. The highest BCUT2D eigenvalue weighted by Gasteiger charge is 2.40. The van der Waals surface area contributed by atoms with Gasteiger partial charge in [-0.15, -0.1) is 0 Å². The van der Waals surface area contributed by atoms with Crippen molar-refractivity contribution in [2.75, 3.05) is 33.0 Å². The quantitative estimate of drug-likeness (QED) is 0.660. The van der Waals surface area contributed by atoms with Crippen LogP contribution in [0.15, 0.2) is 23.2 Å². The molecule has 7 heteroatoms. The first kappa shape index (κ1) is 18.6. The van der Waals surface area contributed by atoms with E-state index in [-0.39, 0.29) is 5.75 Å². The highest BCUT2D eigenvalue weighted by atomic mass is 32.2. The van der Waals surface area contributed by atoms with Gasteiger partial charge in [-0.2, -0.15) is 0 Å². The highest BCUT2D eigenvalue weighted by Crippen LogP contribution is 2.24. The first-order valence-corrected chi connectivity index (χ1v) is 9.67. The Morgan fingerprint density at radius 1 is 1.42 bits per heavy atom. The van der Waals surface area contributed by atoms with Crippen molar-refractivity contribution in [3.05, 3.63) is 29.3 Å². The van der Waals surface area contributed by atoms with Crippen LogP contribution in [0.25, 0.3) is 0 Å². The predicted octanol–water partition coefficient (Wildman–Crippen LogP) is 1.59. The molecule has 1 aliphatic rings. The van der Waals surface area contributed by atoms with Crippen molar-refractivity contribution >= 4 is 15.8 Å². The SMILES string of the molecule is CN=C(NCc1ccc(OC)c(C)c1)N1CCS(=O)(=O)C(C)(C)C1. The van der Waals surface area contributed by atoms with Gasteiger partial charge in [-0.1, -0.05) is 12.1 Å². The van der Waals surface area contributed by atoms with Gasteiger partial charge in [0, 0.05) is 26.7 Å². The third-order valence-electron chi connectivity index (χ3n) is 4.46. The maximum absolute atomic E-state index is 12.1. The second kappa shape index (κ2) is 7.01. The number of methoxy groups -OCH3 is 1. The molecule has 1 aliphatic heterocycles. The van der Waals surface area contributed by atoms with E-state index in [2.05, 4.69) is 16.4 Å². The van der Waals surface area contributed by atoms with Crippen molar-refractivity contribution in [1.82, 2.24) is 10.2 Å². The van der Waals surface area contributed by atoms with E-state index in [1.807, 2.05) is 24.0 Å². The second-order valence-electron chi connectivity index (χ2n) is 6.70. The van der Waals surface area contributed by atoms with Crippen LogP contribution in [0.1, 0.15) is 25.0 Å². The van der Waals surface area contributed by atoms with Crippen LogP contribution in [0, 0.1) is 6.92 Å². The summed E-state index contributed by atoms with van der Waals surface area (Å²) in [6.07, 6.45) is 0. The molecule has 0 bridgehead atoms. The number of hydrogen-bond acceptors (Lipinski definition) is 4. The Morgan fingerprint density at radius 2 is 2.12 bits per heavy atom. The summed E-state index contributed by atoms with van der Waals surface area (Å²) >= 11 is 0. The molecule has 1 saturated heterocycles. The molecule has 0 unspecified atom stereocenters. The molecule has 1 fully saturated rings. The van der Waals surface area contributed by atoms with Gasteiger partial charge >= 0.3 is 0 Å². The maximum Gasteiger partial charge on any atom is 0.193 e. The summed E-state index contributed by atoms with van der Waals surface area (Å²) in [6, 6.07) is 6.03. The molecular formula is C17H27N3O3S. The molecule has 0 aliphatic carbocycles. The first-order valence-electron chi connectivity index (χ1n) is 8.01. The van der Waals surface area contributed by atoms with Crippen molar-refractivity contribution in [3.8, 4) is 5.75 Å². The molecule has 134 valence electrons. The van der Waals surface area contributed by atoms with Gasteiger partial charge in [0.25, 0.3) is 0 Å². The zero-order valence-corrected chi connectivity index (χ0v) is 15.9. The van der Waals surface area contributed by atoms with Crippen molar-refractivity contribution in [1.29, 1.82) is 0 Å². The van der Waals surface area contributed by atoms with Crippen molar-refractivity contribution < 1.29 is 13.2 Å². The maximum atomic E-state index is 12.1. The lowest BCUT2D eigenvalue weighted by molar-refractivity contribution is 0.353. The molecule has 0 saturated carbocycles. The van der Waals surface area contributed by atoms with Gasteiger partial charge in [0.05, 0.1) is 17.6 Å². The third kappa shape index (κ3) is 3.83. The van der Waals surface area contributed by atoms with E-state index in [4.69, 9.17) is 4.74 Å². The summed E-state index contributed by atoms with van der Waals surface area (Å²) in [5.41, 5.74) is 2.20. The normalized spacial score (nSPS) is 19.9. The Bertz CT molecular complexity index is 727. The van der Waals surface area contributed by atoms with Gasteiger partial charge in [0.1, 0.15) is 5.75 Å². The number of aryl methyl sites for hydroxylation is 1. The van der Waals surface area contributed by atoms with Crippen LogP contribution in [-0.2, 0) is 16.4 Å². The van der Waals surface area contributed by atoms with E-state index >= 15 is 0 Å². The van der Waals surface area contributed by atoms with Crippen LogP contribution in [-0.4, -0.2) is 57.0 Å². The standard InChI is InChI=1S/C17H27N3O3S/c1-13-10-14(6-7-15(13)23-5)11-19-16(18-4)20-8-9-24(21,22)17(2,3)12-20/h6-7,10H,8-9,11-12H2,1-5H3,(H,18,19). The number of guanidine groups is 1. The van der Waals surface area contributed by atoms with Crippen LogP contribution >= 0.6 is 0 Å². The summed E-state index contributed by atoms with van der Waals surface area (Å²) in [6.45, 7) is 7.09. The van der Waals surface area contributed by atoms with Gasteiger partial charge in [-0.3, -0.25) is 4.99 Å². The molecule has 24 heavy (non-hydrogen) atoms. The predicted molar refractivity (Wildman–Crippen MR) is 97.4 cm³/mol. The number of nitrogens with one attached hydrogen (secondary N) is 1. The van der Waals surface area contributed by atoms with Gasteiger partial charge in [-0.25, -0.2) is 8.42 Å². The summed E-state index contributed by atoms with van der Waals surface area (Å²) in [5, 5.41) is 3.33. The Labute approximate surface area is 144 Å². The number of ether oxygens (including phenoxy) is 1. The van der Waals surface area contributed by atoms with Crippen LogP contribution in [0.2, 0.25) is 0 Å². The van der Waals surface area contributed by atoms with Crippen molar-refractivity contribution in [2.45, 2.75) is 32.1 Å². The first-order chi connectivity index (χ1) is 11.2. The van der Waals surface area contributed by atoms with Crippen LogP contribution < -0.4 is 10.1 Å². The van der Waals surface area contributed by atoms with E-state index in [1.54, 1.807) is 28.0 Å². The molecular weight excluding hydrogens is 326 g/mol. The number of hydrogen-bond donors (Lipinski definition) is 1. The Morgan fingerprint density at radius 3 is 2.67 bits per heavy atom. The monoisotopic (exact) mass is 353 g/mol. The molecule has 0 spiro atoms. The van der Waals surface area contributed by atoms with E-state index in [1.165, 1.54) is 0 Å². The average Bonchev–Trinajstić information content (AvgIpc) is 2.51. The molecule has 0 radical (unpaired) electrons. The van der Waals surface area contributed by atoms with E-state index in [9.17, 15) is 8.42 Å². The molecule has 6 nitrogen and oxygen atoms in total. The number of sulfone groups is 1. The summed E-state index contributed by atoms with van der Waals surface area (Å²) in [4.78, 5) is 6.32. The second-order valence-corrected chi connectivity index (χ2v) is 9.45. The summed E-state index contributed by atoms with van der Waals surface area (Å²) in [5.74, 6) is 1.75. The van der Waals surface area contributed by atoms with Crippen LogP contribution in [0.4, 0.5) is 0 Å². The summed E-state index contributed by atoms with van der Waals surface area (Å²) in [7, 11) is 0.327. The Kier molecular flexibility index (Phi) is 5.42. The zero-order valence-electron chi connectivity index (χ0n) is 15.1. The molecule has 0 amide bonds. The van der Waals surface area contributed by atoms with Gasteiger partial charge < -0.3 is 15.0 Å². The number of benzene rings is 1. The van der Waals surface area contributed by atoms with Crippen molar-refractivity contribution in [2.24, 2.45) is 4.99 Å². The van der Waals surface area contributed by atoms with Crippen molar-refractivity contribution in [3.63, 3.8) is 0 Å². The van der Waals surface area contributed by atoms with Crippen LogP contribution in [0.3, 0.4) is 0 Å². The number of aliphatic imine (C=N–C) groups is 1. The van der Waals surface area contributed by atoms with Crippen LogP contribution in [0.5, 0.6) is 5.75 Å². The minimum absolute atomic E-state index is 0.155. The van der Waals surface area contributed by atoms with E-state index in [0.717, 1.165) is 22.8 Å².